The fourth-order valence-corrected chi connectivity index (χ4v) is 2.01. The molecule has 0 saturated carbocycles. The molecule has 2 aromatic rings. The molecule has 2 aromatic heterocycles. The van der Waals surface area contributed by atoms with Gasteiger partial charge >= 0.3 is 0 Å². The molecular formula is C12H11BrClN3. The maximum Gasteiger partial charge on any atom is 0.161 e. The summed E-state index contributed by atoms with van der Waals surface area (Å²) in [5.74, 6) is 0.629. The lowest BCUT2D eigenvalue weighted by atomic mass is 10.2. The maximum atomic E-state index is 6.03. The Labute approximate surface area is 113 Å². The number of pyridine rings is 1. The van der Waals surface area contributed by atoms with Gasteiger partial charge in [0.15, 0.2) is 5.82 Å². The van der Waals surface area contributed by atoms with Crippen molar-refractivity contribution in [1.29, 1.82) is 0 Å². The number of nitrogens with zero attached hydrogens (tertiary/aromatic N) is 3. The van der Waals surface area contributed by atoms with E-state index in [-0.39, 0.29) is 0 Å². The summed E-state index contributed by atoms with van der Waals surface area (Å²) in [4.78, 5) is 13.0. The summed E-state index contributed by atoms with van der Waals surface area (Å²) in [5.41, 5.74) is 3.65. The molecule has 3 nitrogen and oxygen atoms in total. The van der Waals surface area contributed by atoms with Gasteiger partial charge in [0.05, 0.1) is 10.2 Å². The van der Waals surface area contributed by atoms with E-state index in [0.717, 1.165) is 27.1 Å². The van der Waals surface area contributed by atoms with Crippen LogP contribution in [-0.2, 0) is 0 Å². The van der Waals surface area contributed by atoms with Crippen LogP contribution in [0.5, 0.6) is 0 Å². The van der Waals surface area contributed by atoms with Crippen molar-refractivity contribution in [2.24, 2.45) is 0 Å². The molecule has 0 aromatic carbocycles. The second-order valence-electron chi connectivity index (χ2n) is 3.88. The Hall–Kier alpha value is -1.00. The van der Waals surface area contributed by atoms with Crippen LogP contribution in [0.4, 0.5) is 0 Å². The Balaban J connectivity index is 2.60. The zero-order valence-corrected chi connectivity index (χ0v) is 12.1. The average molecular weight is 313 g/mol. The summed E-state index contributed by atoms with van der Waals surface area (Å²) < 4.78 is 0.741. The van der Waals surface area contributed by atoms with Crippen LogP contribution >= 0.6 is 27.5 Å². The molecule has 0 amide bonds. The lowest BCUT2D eigenvalue weighted by Crippen LogP contribution is -1.96. The van der Waals surface area contributed by atoms with E-state index >= 15 is 0 Å². The molecule has 0 fully saturated rings. The van der Waals surface area contributed by atoms with Crippen LogP contribution in [0.15, 0.2) is 16.6 Å². The van der Waals surface area contributed by atoms with E-state index in [4.69, 9.17) is 11.6 Å². The van der Waals surface area contributed by atoms with Crippen molar-refractivity contribution in [3.63, 3.8) is 0 Å². The zero-order valence-electron chi connectivity index (χ0n) is 9.75. The first kappa shape index (κ1) is 12.5. The first-order valence-electron chi connectivity index (χ1n) is 5.12. The van der Waals surface area contributed by atoms with Gasteiger partial charge in [-0.15, -0.1) is 0 Å². The Kier molecular flexibility index (Phi) is 3.45. The highest BCUT2D eigenvalue weighted by atomic mass is 79.9. The SMILES string of the molecule is Cc1cc(-c2nc(C)c(Br)c(Cl)n2)cc(C)n1. The van der Waals surface area contributed by atoms with Crippen molar-refractivity contribution in [2.75, 3.05) is 0 Å². The van der Waals surface area contributed by atoms with Crippen LogP contribution in [0, 0.1) is 20.8 Å². The number of aromatic nitrogens is 3. The summed E-state index contributed by atoms with van der Waals surface area (Å²) in [7, 11) is 0. The largest absolute Gasteiger partial charge is 0.258 e. The van der Waals surface area contributed by atoms with Crippen molar-refractivity contribution in [1.82, 2.24) is 15.0 Å². The maximum absolute atomic E-state index is 6.03. The molecule has 0 unspecified atom stereocenters. The number of rotatable bonds is 1. The quantitative estimate of drug-likeness (QED) is 0.750. The minimum Gasteiger partial charge on any atom is -0.258 e. The van der Waals surface area contributed by atoms with E-state index in [9.17, 15) is 0 Å². The average Bonchev–Trinajstić information content (AvgIpc) is 2.23. The highest BCUT2D eigenvalue weighted by molar-refractivity contribution is 9.10. The fraction of sp³-hybridized carbons (Fsp3) is 0.250. The summed E-state index contributed by atoms with van der Waals surface area (Å²) >= 11 is 9.38. The van der Waals surface area contributed by atoms with Gasteiger partial charge in [-0.1, -0.05) is 11.6 Å². The molecule has 2 rings (SSSR count). The molecule has 0 radical (unpaired) electrons. The van der Waals surface area contributed by atoms with Gasteiger partial charge in [0, 0.05) is 17.0 Å². The monoisotopic (exact) mass is 311 g/mol. The highest BCUT2D eigenvalue weighted by Crippen LogP contribution is 2.26. The van der Waals surface area contributed by atoms with Crippen LogP contribution in [0.3, 0.4) is 0 Å². The van der Waals surface area contributed by atoms with Crippen molar-refractivity contribution in [3.05, 3.63) is 38.8 Å². The van der Waals surface area contributed by atoms with Gasteiger partial charge in [0.25, 0.3) is 0 Å². The number of hydrogen-bond acceptors (Lipinski definition) is 3. The summed E-state index contributed by atoms with van der Waals surface area (Å²) in [6, 6.07) is 3.90. The van der Waals surface area contributed by atoms with E-state index in [0.29, 0.717) is 11.0 Å². The predicted octanol–water partition coefficient (Wildman–Crippen LogP) is 3.88. The van der Waals surface area contributed by atoms with Gasteiger partial charge < -0.3 is 0 Å². The Bertz CT molecular complexity index is 541. The second-order valence-corrected chi connectivity index (χ2v) is 5.03. The zero-order chi connectivity index (χ0) is 12.6. The molecule has 0 aliphatic carbocycles. The fourth-order valence-electron chi connectivity index (χ4n) is 1.62. The molecule has 0 aliphatic rings. The normalized spacial score (nSPS) is 10.6. The number of aryl methyl sites for hydroxylation is 3. The Morgan fingerprint density at radius 3 is 2.12 bits per heavy atom. The molecule has 0 saturated heterocycles. The molecule has 17 heavy (non-hydrogen) atoms. The minimum atomic E-state index is 0.430. The molecular weight excluding hydrogens is 302 g/mol. The predicted molar refractivity (Wildman–Crippen MR) is 72.2 cm³/mol. The molecule has 2 heterocycles. The van der Waals surface area contributed by atoms with E-state index < -0.39 is 0 Å². The van der Waals surface area contributed by atoms with E-state index in [1.807, 2.05) is 32.9 Å². The van der Waals surface area contributed by atoms with Gasteiger partial charge in [-0.05, 0) is 48.8 Å². The van der Waals surface area contributed by atoms with Gasteiger partial charge in [-0.25, -0.2) is 9.97 Å². The van der Waals surface area contributed by atoms with Crippen molar-refractivity contribution in [2.45, 2.75) is 20.8 Å². The Morgan fingerprint density at radius 1 is 1.00 bits per heavy atom. The molecule has 0 spiro atoms. The lowest BCUT2D eigenvalue weighted by molar-refractivity contribution is 1.07. The van der Waals surface area contributed by atoms with Crippen LogP contribution in [0.1, 0.15) is 17.1 Å². The Morgan fingerprint density at radius 2 is 1.59 bits per heavy atom. The van der Waals surface area contributed by atoms with Gasteiger partial charge in [-0.3, -0.25) is 4.98 Å². The third-order valence-corrected chi connectivity index (χ3v) is 3.77. The first-order valence-corrected chi connectivity index (χ1v) is 6.30. The third kappa shape index (κ3) is 2.64. The smallest absolute Gasteiger partial charge is 0.161 e. The van der Waals surface area contributed by atoms with E-state index in [1.54, 1.807) is 0 Å². The van der Waals surface area contributed by atoms with E-state index in [2.05, 4.69) is 30.9 Å². The van der Waals surface area contributed by atoms with Crippen LogP contribution in [0.2, 0.25) is 5.15 Å². The van der Waals surface area contributed by atoms with Crippen molar-refractivity contribution < 1.29 is 0 Å². The molecule has 0 atom stereocenters. The standard InChI is InChI=1S/C12H11BrClN3/c1-6-4-9(5-7(2)15-6)12-16-8(3)10(13)11(14)17-12/h4-5H,1-3H3. The summed E-state index contributed by atoms with van der Waals surface area (Å²) in [6.07, 6.45) is 0. The molecule has 0 bridgehead atoms. The van der Waals surface area contributed by atoms with Crippen LogP contribution in [0.25, 0.3) is 11.4 Å². The van der Waals surface area contributed by atoms with Gasteiger partial charge in [0.2, 0.25) is 0 Å². The summed E-state index contributed by atoms with van der Waals surface area (Å²) in [6.45, 7) is 5.79. The molecule has 88 valence electrons. The van der Waals surface area contributed by atoms with Gasteiger partial charge in [0.1, 0.15) is 5.15 Å². The van der Waals surface area contributed by atoms with Crippen molar-refractivity contribution >= 4 is 27.5 Å². The van der Waals surface area contributed by atoms with Crippen LogP contribution < -0.4 is 0 Å². The van der Waals surface area contributed by atoms with Gasteiger partial charge in [-0.2, -0.15) is 0 Å². The second kappa shape index (κ2) is 4.70. The summed E-state index contributed by atoms with van der Waals surface area (Å²) in [5, 5.41) is 0.430. The third-order valence-electron chi connectivity index (χ3n) is 2.32. The number of halogens is 2. The molecule has 0 aliphatic heterocycles. The minimum absolute atomic E-state index is 0.430. The number of hydrogen-bond donors (Lipinski definition) is 0. The van der Waals surface area contributed by atoms with E-state index in [1.165, 1.54) is 0 Å². The first-order chi connectivity index (χ1) is 7.97. The molecule has 0 N–H and O–H groups in total. The van der Waals surface area contributed by atoms with Crippen LogP contribution in [-0.4, -0.2) is 15.0 Å². The highest BCUT2D eigenvalue weighted by Gasteiger charge is 2.10. The van der Waals surface area contributed by atoms with Crippen molar-refractivity contribution in [3.8, 4) is 11.4 Å². The molecule has 5 heteroatoms. The topological polar surface area (TPSA) is 38.7 Å². The lowest BCUT2D eigenvalue weighted by Gasteiger charge is -2.06.